The molecule has 0 unspecified atom stereocenters. The summed E-state index contributed by atoms with van der Waals surface area (Å²) in [6.45, 7) is 4.17. The summed E-state index contributed by atoms with van der Waals surface area (Å²) in [6.07, 6.45) is 0. The Morgan fingerprint density at radius 2 is 1.43 bits per heavy atom. The molecule has 7 heavy (non-hydrogen) atoms. The number of hydrogen-bond acceptors (Lipinski definition) is 0. The lowest BCUT2D eigenvalue weighted by Crippen LogP contribution is -2.17. The summed E-state index contributed by atoms with van der Waals surface area (Å²) in [5, 5.41) is 0. The maximum atomic E-state index is 3.45. The van der Waals surface area contributed by atoms with Gasteiger partial charge in [-0.3, -0.25) is 0 Å². The van der Waals surface area contributed by atoms with Gasteiger partial charge in [-0.2, -0.15) is 0 Å². The molecular formula is C4H7Br3. The molecule has 0 bridgehead atoms. The number of alkyl halides is 3. The van der Waals surface area contributed by atoms with Gasteiger partial charge in [0.15, 0.2) is 0 Å². The van der Waals surface area contributed by atoms with Gasteiger partial charge in [0.1, 0.15) is 0 Å². The Bertz CT molecular complexity index is 52.4. The van der Waals surface area contributed by atoms with E-state index in [2.05, 4.69) is 61.6 Å². The molecule has 0 aliphatic heterocycles. The molecule has 0 amide bonds. The van der Waals surface area contributed by atoms with Crippen LogP contribution in [0.4, 0.5) is 0 Å². The second-order valence-corrected chi connectivity index (χ2v) is 6.97. The van der Waals surface area contributed by atoms with Gasteiger partial charge in [-0.15, -0.1) is 0 Å². The molecule has 0 rings (SSSR count). The van der Waals surface area contributed by atoms with Crippen molar-refractivity contribution in [2.45, 2.75) is 21.9 Å². The van der Waals surface area contributed by atoms with Crippen LogP contribution in [0.3, 0.4) is 0 Å². The lowest BCUT2D eigenvalue weighted by atomic mass is 10.3. The topological polar surface area (TPSA) is 0 Å². The Morgan fingerprint density at radius 3 is 1.43 bits per heavy atom. The van der Waals surface area contributed by atoms with E-state index >= 15 is 0 Å². The molecule has 44 valence electrons. The Kier molecular flexibility index (Phi) is 3.41. The van der Waals surface area contributed by atoms with Gasteiger partial charge in [0.05, 0.1) is 3.74 Å². The van der Waals surface area contributed by atoms with Crippen LogP contribution in [-0.4, -0.2) is 8.06 Å². The number of halogens is 3. The fraction of sp³-hybridized carbons (Fsp3) is 1.00. The van der Waals surface area contributed by atoms with Crippen LogP contribution in [-0.2, 0) is 0 Å². The van der Waals surface area contributed by atoms with Gasteiger partial charge in [-0.05, 0) is 13.8 Å². The maximum Gasteiger partial charge on any atom is 0.0845 e. The molecule has 0 aromatic heterocycles. The number of hydrogen-bond donors (Lipinski definition) is 0. The van der Waals surface area contributed by atoms with Crippen molar-refractivity contribution in [3.8, 4) is 0 Å². The minimum atomic E-state index is 0.146. The first-order chi connectivity index (χ1) is 2.94. The molecule has 0 atom stereocenters. The van der Waals surface area contributed by atoms with Crippen LogP contribution in [0.2, 0.25) is 0 Å². The third kappa shape index (κ3) is 3.98. The van der Waals surface area contributed by atoms with Gasteiger partial charge in [0.2, 0.25) is 0 Å². The van der Waals surface area contributed by atoms with Crippen molar-refractivity contribution in [1.82, 2.24) is 0 Å². The first-order valence-corrected chi connectivity index (χ1v) is 4.54. The van der Waals surface area contributed by atoms with Crippen molar-refractivity contribution >= 4 is 47.8 Å². The summed E-state index contributed by atoms with van der Waals surface area (Å²) in [5.74, 6) is 0. The fourth-order valence-corrected chi connectivity index (χ4v) is 0. The van der Waals surface area contributed by atoms with Crippen LogP contribution >= 0.6 is 47.8 Å². The molecule has 0 aliphatic rings. The summed E-state index contributed by atoms with van der Waals surface area (Å²) >= 11 is 10.2. The van der Waals surface area contributed by atoms with Crippen LogP contribution in [0.5, 0.6) is 0 Å². The SMILES string of the molecule is CC(C)(Br)C(Br)Br. The molecule has 0 aromatic carbocycles. The van der Waals surface area contributed by atoms with E-state index in [1.165, 1.54) is 0 Å². The van der Waals surface area contributed by atoms with Crippen molar-refractivity contribution < 1.29 is 0 Å². The van der Waals surface area contributed by atoms with Crippen LogP contribution in [0.15, 0.2) is 0 Å². The normalized spacial score (nSPS) is 12.9. The van der Waals surface area contributed by atoms with Crippen molar-refractivity contribution in [1.29, 1.82) is 0 Å². The number of rotatable bonds is 1. The standard InChI is InChI=1S/C4H7Br3/c1-4(2,7)3(5)6/h3H,1-2H3. The summed E-state index contributed by atoms with van der Waals surface area (Å²) < 4.78 is 0.486. The molecule has 0 aliphatic carbocycles. The van der Waals surface area contributed by atoms with Gasteiger partial charge in [0, 0.05) is 4.32 Å². The predicted molar refractivity (Wildman–Crippen MR) is 44.6 cm³/mol. The van der Waals surface area contributed by atoms with Gasteiger partial charge in [-0.25, -0.2) is 0 Å². The van der Waals surface area contributed by atoms with Crippen molar-refractivity contribution in [2.75, 3.05) is 0 Å². The summed E-state index contributed by atoms with van der Waals surface area (Å²) in [4.78, 5) is 0. The predicted octanol–water partition coefficient (Wildman–Crippen LogP) is 3.28. The molecular weight excluding hydrogens is 288 g/mol. The fourth-order valence-electron chi connectivity index (χ4n) is 0. The molecule has 0 spiro atoms. The van der Waals surface area contributed by atoms with E-state index in [-0.39, 0.29) is 4.32 Å². The quantitative estimate of drug-likeness (QED) is 0.651. The summed E-state index contributed by atoms with van der Waals surface area (Å²) in [6, 6.07) is 0. The van der Waals surface area contributed by atoms with Gasteiger partial charge in [0.25, 0.3) is 0 Å². The first kappa shape index (κ1) is 8.44. The largest absolute Gasteiger partial charge is 0.0845 e. The van der Waals surface area contributed by atoms with E-state index in [4.69, 9.17) is 0 Å². The molecule has 0 N–H and O–H groups in total. The van der Waals surface area contributed by atoms with E-state index in [1.807, 2.05) is 0 Å². The average molecular weight is 295 g/mol. The highest BCUT2D eigenvalue weighted by atomic mass is 79.9. The molecule has 0 fully saturated rings. The van der Waals surface area contributed by atoms with Crippen LogP contribution in [0, 0.1) is 0 Å². The van der Waals surface area contributed by atoms with Gasteiger partial charge < -0.3 is 0 Å². The van der Waals surface area contributed by atoms with E-state index in [0.717, 1.165) is 0 Å². The monoisotopic (exact) mass is 292 g/mol. The molecule has 0 saturated heterocycles. The van der Waals surface area contributed by atoms with E-state index in [0.29, 0.717) is 3.74 Å². The lowest BCUT2D eigenvalue weighted by Gasteiger charge is -2.16. The van der Waals surface area contributed by atoms with E-state index in [1.54, 1.807) is 0 Å². The van der Waals surface area contributed by atoms with Crippen molar-refractivity contribution in [2.24, 2.45) is 0 Å². The van der Waals surface area contributed by atoms with E-state index in [9.17, 15) is 0 Å². The van der Waals surface area contributed by atoms with Crippen LogP contribution < -0.4 is 0 Å². The zero-order valence-electron chi connectivity index (χ0n) is 4.21. The second-order valence-electron chi connectivity index (χ2n) is 1.87. The Hall–Kier alpha value is 1.44. The average Bonchev–Trinajstić information content (AvgIpc) is 1.31. The molecule has 0 saturated carbocycles. The lowest BCUT2D eigenvalue weighted by molar-refractivity contribution is 0.820. The van der Waals surface area contributed by atoms with Crippen LogP contribution in [0.25, 0.3) is 0 Å². The van der Waals surface area contributed by atoms with E-state index < -0.39 is 0 Å². The minimum Gasteiger partial charge on any atom is -0.0838 e. The zero-order valence-corrected chi connectivity index (χ0v) is 8.97. The zero-order chi connectivity index (χ0) is 6.08. The third-order valence-electron chi connectivity index (χ3n) is 0.519. The third-order valence-corrected chi connectivity index (χ3v) is 4.49. The highest BCUT2D eigenvalue weighted by Crippen LogP contribution is 2.30. The second kappa shape index (κ2) is 2.83. The highest BCUT2D eigenvalue weighted by Gasteiger charge is 2.19. The minimum absolute atomic E-state index is 0.146. The Morgan fingerprint density at radius 1 is 1.29 bits per heavy atom. The molecule has 0 radical (unpaired) electrons. The molecule has 3 heteroatoms. The van der Waals surface area contributed by atoms with Gasteiger partial charge >= 0.3 is 0 Å². The van der Waals surface area contributed by atoms with Crippen molar-refractivity contribution in [3.05, 3.63) is 0 Å². The Labute approximate surface area is 69.4 Å². The molecule has 0 aromatic rings. The summed E-state index contributed by atoms with van der Waals surface area (Å²) in [5.41, 5.74) is 0. The highest BCUT2D eigenvalue weighted by molar-refractivity contribution is 9.25. The Balaban J connectivity index is 3.54. The van der Waals surface area contributed by atoms with Crippen LogP contribution in [0.1, 0.15) is 13.8 Å². The molecule has 0 heterocycles. The maximum absolute atomic E-state index is 3.45. The molecule has 0 nitrogen and oxygen atoms in total. The first-order valence-electron chi connectivity index (χ1n) is 1.91. The smallest absolute Gasteiger partial charge is 0.0838 e. The van der Waals surface area contributed by atoms with Gasteiger partial charge in [-0.1, -0.05) is 47.8 Å². The van der Waals surface area contributed by atoms with Crippen molar-refractivity contribution in [3.63, 3.8) is 0 Å². The summed E-state index contributed by atoms with van der Waals surface area (Å²) in [7, 11) is 0.